The Morgan fingerprint density at radius 2 is 1.35 bits per heavy atom. The van der Waals surface area contributed by atoms with E-state index in [0.29, 0.717) is 0 Å². The van der Waals surface area contributed by atoms with Crippen LogP contribution in [0.4, 0.5) is 0 Å². The van der Waals surface area contributed by atoms with Crippen LogP contribution in [0.3, 0.4) is 0 Å². The Kier molecular flexibility index (Phi) is 5.88. The largest absolute Gasteiger partial charge is 0.518 e. The number of hydrogen-bond donors (Lipinski definition) is 1. The van der Waals surface area contributed by atoms with E-state index in [-0.39, 0.29) is 16.6 Å². The van der Waals surface area contributed by atoms with Crippen molar-refractivity contribution in [2.24, 2.45) is 0 Å². The van der Waals surface area contributed by atoms with E-state index in [4.69, 9.17) is 9.53 Å². The summed E-state index contributed by atoms with van der Waals surface area (Å²) in [4.78, 5) is 22.1. The fourth-order valence-electron chi connectivity index (χ4n) is 2.71. The molecule has 0 aliphatic carbocycles. The summed E-state index contributed by atoms with van der Waals surface area (Å²) in [6, 6.07) is 0. The third-order valence-electron chi connectivity index (χ3n) is 3.29. The zero-order valence-electron chi connectivity index (χ0n) is 11.6. The Balaban J connectivity index is 5.06. The van der Waals surface area contributed by atoms with Crippen LogP contribution in [0.15, 0.2) is 0 Å². The lowest BCUT2D eigenvalue weighted by Gasteiger charge is -2.41. The standard InChI is InChI=1S/C12H24O4Si/c1-8(2)17(9(3)4,10(5)6)16-12(15)7-11(13)14/h8-10H,7H2,1-6H3,(H,13,14). The van der Waals surface area contributed by atoms with Crippen LogP contribution in [0.25, 0.3) is 0 Å². The highest BCUT2D eigenvalue weighted by molar-refractivity contribution is 6.78. The second-order valence-corrected chi connectivity index (χ2v) is 10.7. The van der Waals surface area contributed by atoms with Gasteiger partial charge in [-0.3, -0.25) is 9.59 Å². The van der Waals surface area contributed by atoms with Crippen molar-refractivity contribution < 1.29 is 19.1 Å². The van der Waals surface area contributed by atoms with Gasteiger partial charge in [0.1, 0.15) is 6.42 Å². The number of carboxylic acids is 1. The minimum absolute atomic E-state index is 0.278. The van der Waals surface area contributed by atoms with Gasteiger partial charge in [0.15, 0.2) is 0 Å². The van der Waals surface area contributed by atoms with Crippen molar-refractivity contribution in [2.75, 3.05) is 0 Å². The Hall–Kier alpha value is -0.843. The van der Waals surface area contributed by atoms with Gasteiger partial charge in [-0.15, -0.1) is 0 Å². The van der Waals surface area contributed by atoms with Crippen molar-refractivity contribution in [3.05, 3.63) is 0 Å². The smallest absolute Gasteiger partial charge is 0.314 e. The fourth-order valence-corrected chi connectivity index (χ4v) is 7.88. The minimum atomic E-state index is -2.27. The summed E-state index contributed by atoms with van der Waals surface area (Å²) in [5.41, 5.74) is 0.834. The summed E-state index contributed by atoms with van der Waals surface area (Å²) < 4.78 is 5.65. The van der Waals surface area contributed by atoms with E-state index in [1.807, 2.05) is 0 Å². The third kappa shape index (κ3) is 3.83. The van der Waals surface area contributed by atoms with E-state index in [0.717, 1.165) is 0 Å². The van der Waals surface area contributed by atoms with Crippen LogP contribution in [0.5, 0.6) is 0 Å². The first kappa shape index (κ1) is 16.2. The van der Waals surface area contributed by atoms with Gasteiger partial charge in [0.25, 0.3) is 8.32 Å². The van der Waals surface area contributed by atoms with E-state index in [1.165, 1.54) is 0 Å². The van der Waals surface area contributed by atoms with Gasteiger partial charge in [0, 0.05) is 0 Å². The molecular formula is C12H24O4Si. The molecule has 0 rings (SSSR count). The van der Waals surface area contributed by atoms with Crippen LogP contribution in [0.2, 0.25) is 16.6 Å². The maximum Gasteiger partial charge on any atom is 0.314 e. The van der Waals surface area contributed by atoms with E-state index in [9.17, 15) is 9.59 Å². The molecule has 0 aromatic heterocycles. The SMILES string of the molecule is CC(C)[Si](OC(=O)CC(=O)O)(C(C)C)C(C)C. The maximum absolute atomic E-state index is 11.6. The van der Waals surface area contributed by atoms with Crippen molar-refractivity contribution in [1.29, 1.82) is 0 Å². The lowest BCUT2D eigenvalue weighted by Crippen LogP contribution is -2.49. The van der Waals surface area contributed by atoms with Crippen LogP contribution in [0, 0.1) is 0 Å². The average molecular weight is 260 g/mol. The van der Waals surface area contributed by atoms with Crippen LogP contribution in [-0.2, 0) is 14.0 Å². The van der Waals surface area contributed by atoms with Gasteiger partial charge in [0.2, 0.25) is 0 Å². The van der Waals surface area contributed by atoms with Crippen molar-refractivity contribution in [2.45, 2.75) is 64.6 Å². The van der Waals surface area contributed by atoms with Gasteiger partial charge in [-0.2, -0.15) is 0 Å². The molecule has 0 spiro atoms. The monoisotopic (exact) mass is 260 g/mol. The fraction of sp³-hybridized carbons (Fsp3) is 0.833. The zero-order valence-corrected chi connectivity index (χ0v) is 12.6. The van der Waals surface area contributed by atoms with Crippen LogP contribution in [-0.4, -0.2) is 25.4 Å². The molecule has 5 heteroatoms. The van der Waals surface area contributed by atoms with Crippen molar-refractivity contribution in [1.82, 2.24) is 0 Å². The number of carboxylic acid groups (broad SMARTS) is 1. The first-order chi connectivity index (χ1) is 7.64. The molecule has 0 aromatic rings. The molecule has 0 radical (unpaired) electrons. The lowest BCUT2D eigenvalue weighted by atomic mass is 10.5. The predicted molar refractivity (Wildman–Crippen MR) is 69.4 cm³/mol. The number of carbonyl (C=O) groups excluding carboxylic acids is 1. The van der Waals surface area contributed by atoms with Gasteiger partial charge in [-0.1, -0.05) is 41.5 Å². The molecule has 0 saturated carbocycles. The molecule has 0 unspecified atom stereocenters. The average Bonchev–Trinajstić information content (AvgIpc) is 2.10. The Morgan fingerprint density at radius 3 is 1.59 bits per heavy atom. The van der Waals surface area contributed by atoms with Gasteiger partial charge >= 0.3 is 11.9 Å². The summed E-state index contributed by atoms with van der Waals surface area (Å²) >= 11 is 0. The van der Waals surface area contributed by atoms with Crippen LogP contribution in [0.1, 0.15) is 48.0 Å². The van der Waals surface area contributed by atoms with Gasteiger partial charge in [0.05, 0.1) is 0 Å². The first-order valence-corrected chi connectivity index (χ1v) is 8.22. The molecule has 0 aliphatic rings. The Morgan fingerprint density at radius 1 is 1.00 bits per heavy atom. The molecule has 0 heterocycles. The first-order valence-electron chi connectivity index (χ1n) is 6.08. The molecule has 4 nitrogen and oxygen atoms in total. The molecule has 0 amide bonds. The van der Waals surface area contributed by atoms with E-state index in [1.54, 1.807) is 0 Å². The summed E-state index contributed by atoms with van der Waals surface area (Å²) in [6.07, 6.45) is -0.541. The van der Waals surface area contributed by atoms with Gasteiger partial charge in [-0.25, -0.2) is 0 Å². The summed E-state index contributed by atoms with van der Waals surface area (Å²) in [5, 5.41) is 8.61. The zero-order chi connectivity index (χ0) is 13.8. The molecule has 0 aliphatic heterocycles. The second kappa shape index (κ2) is 6.19. The third-order valence-corrected chi connectivity index (χ3v) is 9.29. The summed E-state index contributed by atoms with van der Waals surface area (Å²) in [5.74, 6) is -1.73. The second-order valence-electron chi connectivity index (χ2n) is 5.36. The molecule has 0 aromatic carbocycles. The normalized spacial score (nSPS) is 12.3. The molecule has 0 fully saturated rings. The van der Waals surface area contributed by atoms with Gasteiger partial charge in [-0.05, 0) is 16.6 Å². The number of carbonyl (C=O) groups is 2. The topological polar surface area (TPSA) is 63.6 Å². The van der Waals surface area contributed by atoms with E-state index < -0.39 is 26.7 Å². The van der Waals surface area contributed by atoms with Crippen LogP contribution >= 0.6 is 0 Å². The quantitative estimate of drug-likeness (QED) is 0.588. The van der Waals surface area contributed by atoms with Crippen molar-refractivity contribution >= 4 is 20.3 Å². The molecular weight excluding hydrogens is 236 g/mol. The molecule has 0 saturated heterocycles. The molecule has 0 atom stereocenters. The van der Waals surface area contributed by atoms with Crippen molar-refractivity contribution in [3.8, 4) is 0 Å². The molecule has 0 bridgehead atoms. The highest BCUT2D eigenvalue weighted by Gasteiger charge is 2.48. The lowest BCUT2D eigenvalue weighted by molar-refractivity contribution is -0.146. The highest BCUT2D eigenvalue weighted by atomic mass is 28.4. The maximum atomic E-state index is 11.6. The van der Waals surface area contributed by atoms with E-state index >= 15 is 0 Å². The highest BCUT2D eigenvalue weighted by Crippen LogP contribution is 2.42. The van der Waals surface area contributed by atoms with Crippen LogP contribution < -0.4 is 0 Å². The molecule has 1 N–H and O–H groups in total. The Labute approximate surface area is 104 Å². The number of rotatable bonds is 6. The van der Waals surface area contributed by atoms with Gasteiger partial charge < -0.3 is 9.53 Å². The van der Waals surface area contributed by atoms with E-state index in [2.05, 4.69) is 41.5 Å². The Bertz CT molecular complexity index is 262. The minimum Gasteiger partial charge on any atom is -0.518 e. The molecule has 17 heavy (non-hydrogen) atoms. The summed E-state index contributed by atoms with van der Waals surface area (Å²) in [6.45, 7) is 12.3. The summed E-state index contributed by atoms with van der Waals surface area (Å²) in [7, 11) is -2.27. The predicted octanol–water partition coefficient (Wildman–Crippen LogP) is 3.18. The number of aliphatic carboxylic acids is 1. The number of hydrogen-bond acceptors (Lipinski definition) is 3. The molecule has 100 valence electrons. The van der Waals surface area contributed by atoms with Crippen molar-refractivity contribution in [3.63, 3.8) is 0 Å².